The maximum atomic E-state index is 3.76. The van der Waals surface area contributed by atoms with Gasteiger partial charge in [-0.2, -0.15) is 0 Å². The van der Waals surface area contributed by atoms with Gasteiger partial charge in [-0.3, -0.25) is 0 Å². The topological polar surface area (TPSA) is 0 Å². The summed E-state index contributed by atoms with van der Waals surface area (Å²) < 4.78 is 0. The van der Waals surface area contributed by atoms with Gasteiger partial charge in [-0.1, -0.05) is 27.2 Å². The molecule has 0 fully saturated rings. The summed E-state index contributed by atoms with van der Waals surface area (Å²) in [6, 6.07) is 0. The minimum atomic E-state index is 0.634. The van der Waals surface area contributed by atoms with Crippen LogP contribution in [0.3, 0.4) is 0 Å². The van der Waals surface area contributed by atoms with Crippen molar-refractivity contribution < 1.29 is 17.3 Å². The molecular formula is C5H11AgI. The van der Waals surface area contributed by atoms with Gasteiger partial charge in [0.2, 0.25) is 0 Å². The molecular weight excluding hydrogens is 295 g/mol. The normalized spacial score (nSPS) is 7.86. The molecule has 0 saturated heterocycles. The summed E-state index contributed by atoms with van der Waals surface area (Å²) in [7, 11) is 0. The molecule has 1 radical (unpaired) electrons. The van der Waals surface area contributed by atoms with Crippen molar-refractivity contribution in [2.75, 3.05) is 0 Å². The van der Waals surface area contributed by atoms with E-state index in [-0.39, 0.29) is 0 Å². The largest absolute Gasteiger partial charge is 0.0651 e. The van der Waals surface area contributed by atoms with E-state index in [1.807, 2.05) is 19.0 Å². The van der Waals surface area contributed by atoms with Crippen molar-refractivity contribution in [1.29, 1.82) is 0 Å². The van der Waals surface area contributed by atoms with E-state index in [9.17, 15) is 0 Å². The predicted octanol–water partition coefficient (Wildman–Crippen LogP) is 2.75. The second kappa shape index (κ2) is 10.5. The Kier molecular flexibility index (Phi) is 16.9. The molecule has 0 aliphatic heterocycles. The van der Waals surface area contributed by atoms with Crippen LogP contribution in [0.5, 0.6) is 0 Å². The molecule has 0 rings (SSSR count). The second-order valence-corrected chi connectivity index (χ2v) is 1.51. The summed E-state index contributed by atoms with van der Waals surface area (Å²) in [6.45, 7) is 8.00. The fourth-order valence-electron chi connectivity index (χ4n) is 0. The molecule has 0 aromatic carbocycles. The molecule has 0 saturated carbocycles. The maximum Gasteiger partial charge on any atom is -0.0445 e. The average Bonchev–Trinajstić information content (AvgIpc) is 1.73. The van der Waals surface area contributed by atoms with Crippen molar-refractivity contribution in [3.05, 3.63) is 6.92 Å². The van der Waals surface area contributed by atoms with E-state index < -0.39 is 0 Å². The van der Waals surface area contributed by atoms with E-state index in [0.717, 1.165) is 0 Å². The predicted molar refractivity (Wildman–Crippen MR) is 38.8 cm³/mol. The van der Waals surface area contributed by atoms with Crippen molar-refractivity contribution in [3.8, 4) is 0 Å². The first-order chi connectivity index (χ1) is 3.27. The first-order valence-corrected chi connectivity index (χ1v) is 6.62. The van der Waals surface area contributed by atoms with Gasteiger partial charge >= 0.3 is 36.3 Å². The van der Waals surface area contributed by atoms with Crippen LogP contribution in [0.2, 0.25) is 0 Å². The van der Waals surface area contributed by atoms with Crippen LogP contribution in [0.15, 0.2) is 0 Å². The first-order valence-electron chi connectivity index (χ1n) is 2.21. The Morgan fingerprint density at radius 1 is 1.71 bits per heavy atom. The number of halogens is 1. The third-order valence-electron chi connectivity index (χ3n) is 0.697. The fraction of sp³-hybridized carbons (Fsp3) is 0.800. The maximum absolute atomic E-state index is 3.76. The fourth-order valence-corrected chi connectivity index (χ4v) is 0. The number of hydrogen-bond donors (Lipinski definition) is 0. The molecule has 1 unspecified atom stereocenters. The van der Waals surface area contributed by atoms with E-state index in [0.29, 0.717) is 5.92 Å². The average molecular weight is 306 g/mol. The summed E-state index contributed by atoms with van der Waals surface area (Å²) in [4.78, 5) is 0. The first kappa shape index (κ1) is 11.3. The number of hydrogen-bond acceptors (Lipinski definition) is 0. The van der Waals surface area contributed by atoms with Gasteiger partial charge in [-0.25, -0.2) is 0 Å². The van der Waals surface area contributed by atoms with Crippen LogP contribution in [-0.4, -0.2) is 0 Å². The SMILES string of the molecule is [Ag][I].[CH2]C(C)CC. The van der Waals surface area contributed by atoms with E-state index >= 15 is 0 Å². The molecule has 0 amide bonds. The van der Waals surface area contributed by atoms with Crippen molar-refractivity contribution in [2.45, 2.75) is 20.3 Å². The molecule has 0 spiro atoms. The van der Waals surface area contributed by atoms with Gasteiger partial charge in [0.15, 0.2) is 0 Å². The molecule has 0 aliphatic rings. The van der Waals surface area contributed by atoms with Gasteiger partial charge in [0, 0.05) is 0 Å². The zero-order chi connectivity index (χ0) is 6.28. The van der Waals surface area contributed by atoms with Gasteiger partial charge in [-0.05, 0) is 5.92 Å². The molecule has 49 valence electrons. The van der Waals surface area contributed by atoms with Crippen LogP contribution in [0, 0.1) is 12.8 Å². The van der Waals surface area contributed by atoms with Crippen LogP contribution < -0.4 is 0 Å². The van der Waals surface area contributed by atoms with Gasteiger partial charge in [0.25, 0.3) is 0 Å². The Bertz CT molecular complexity index is 22.0. The molecule has 1 atom stereocenters. The monoisotopic (exact) mass is 305 g/mol. The Hall–Kier alpha value is 1.47. The van der Waals surface area contributed by atoms with Crippen LogP contribution in [0.1, 0.15) is 20.3 Å². The third kappa shape index (κ3) is 18.6. The molecule has 7 heavy (non-hydrogen) atoms. The van der Waals surface area contributed by atoms with E-state index in [2.05, 4.69) is 38.0 Å². The number of rotatable bonds is 1. The molecule has 0 N–H and O–H groups in total. The van der Waals surface area contributed by atoms with Crippen LogP contribution in [0.25, 0.3) is 0 Å². The van der Waals surface area contributed by atoms with Gasteiger partial charge in [0.05, 0.1) is 0 Å². The zero-order valence-electron chi connectivity index (χ0n) is 4.67. The molecule has 2 heteroatoms. The zero-order valence-corrected chi connectivity index (χ0v) is 8.31. The van der Waals surface area contributed by atoms with Crippen LogP contribution in [0.4, 0.5) is 0 Å². The standard InChI is InChI=1S/C5H11.Ag.HI/c1-4-5(2)3;;/h5H,2,4H2,1,3H3;;1H/q;+1;/p-1. The smallest absolute Gasteiger partial charge is 0.0445 e. The Morgan fingerprint density at radius 2 is 1.86 bits per heavy atom. The summed E-state index contributed by atoms with van der Waals surface area (Å²) in [5.74, 6) is 0.634. The van der Waals surface area contributed by atoms with Gasteiger partial charge in [-0.15, -0.1) is 0 Å². The van der Waals surface area contributed by atoms with Crippen molar-refractivity contribution in [2.24, 2.45) is 5.92 Å². The Balaban J connectivity index is 0. The summed E-state index contributed by atoms with van der Waals surface area (Å²) in [5.41, 5.74) is 0. The summed E-state index contributed by atoms with van der Waals surface area (Å²) >= 11 is 4.88. The minimum absolute atomic E-state index is 0.634. The quantitative estimate of drug-likeness (QED) is 0.516. The molecule has 0 aliphatic carbocycles. The minimum Gasteiger partial charge on any atom is -0.0651 e. The molecule has 0 nitrogen and oxygen atoms in total. The third-order valence-corrected chi connectivity index (χ3v) is 0.697. The van der Waals surface area contributed by atoms with Crippen molar-refractivity contribution in [1.82, 2.24) is 0 Å². The summed E-state index contributed by atoms with van der Waals surface area (Å²) in [6.07, 6.45) is 1.19. The molecule has 0 heterocycles. The van der Waals surface area contributed by atoms with E-state index in [1.54, 1.807) is 0 Å². The van der Waals surface area contributed by atoms with Crippen LogP contribution >= 0.6 is 19.0 Å². The Labute approximate surface area is 68.9 Å². The molecule has 0 aromatic heterocycles. The molecule has 0 bridgehead atoms. The van der Waals surface area contributed by atoms with Crippen molar-refractivity contribution >= 4 is 19.0 Å². The van der Waals surface area contributed by atoms with E-state index in [4.69, 9.17) is 0 Å². The van der Waals surface area contributed by atoms with Gasteiger partial charge in [0.1, 0.15) is 0 Å². The van der Waals surface area contributed by atoms with Gasteiger partial charge < -0.3 is 0 Å². The second-order valence-electron chi connectivity index (χ2n) is 1.51. The van der Waals surface area contributed by atoms with E-state index in [1.165, 1.54) is 6.42 Å². The van der Waals surface area contributed by atoms with Crippen LogP contribution in [-0.2, 0) is 17.3 Å². The Morgan fingerprint density at radius 3 is 1.86 bits per heavy atom. The summed E-state index contributed by atoms with van der Waals surface area (Å²) in [5, 5.41) is 0. The van der Waals surface area contributed by atoms with Crippen molar-refractivity contribution in [3.63, 3.8) is 0 Å². The molecule has 0 aromatic rings.